The monoisotopic (exact) mass is 368 g/mol. The zero-order chi connectivity index (χ0) is 19.6. The van der Waals surface area contributed by atoms with Gasteiger partial charge >= 0.3 is 0 Å². The Morgan fingerprint density at radius 2 is 1.74 bits per heavy atom. The van der Waals surface area contributed by atoms with Crippen LogP contribution < -0.4 is 10.1 Å². The summed E-state index contributed by atoms with van der Waals surface area (Å²) in [6, 6.07) is 17.0. The van der Waals surface area contributed by atoms with E-state index in [1.807, 2.05) is 61.5 Å². The van der Waals surface area contributed by atoms with Crippen molar-refractivity contribution in [2.24, 2.45) is 0 Å². The summed E-state index contributed by atoms with van der Waals surface area (Å²) in [6.07, 6.45) is 0.929. The molecule has 0 bridgehead atoms. The zero-order valence-electron chi connectivity index (χ0n) is 16.3. The number of nitrogens with zero attached hydrogens (tertiary/aromatic N) is 1. The van der Waals surface area contributed by atoms with Gasteiger partial charge < -0.3 is 15.0 Å². The maximum atomic E-state index is 12.8. The maximum absolute atomic E-state index is 12.8. The molecule has 5 heteroatoms. The molecule has 0 aliphatic carbocycles. The molecule has 0 aromatic heterocycles. The number of nitrogens with one attached hydrogen (secondary N) is 1. The van der Waals surface area contributed by atoms with Gasteiger partial charge in [-0.1, -0.05) is 48.0 Å². The van der Waals surface area contributed by atoms with E-state index >= 15 is 0 Å². The van der Waals surface area contributed by atoms with Crippen LogP contribution >= 0.6 is 0 Å². The molecule has 144 valence electrons. The van der Waals surface area contributed by atoms with Gasteiger partial charge in [0.15, 0.2) is 0 Å². The summed E-state index contributed by atoms with van der Waals surface area (Å²) in [5.41, 5.74) is 2.18. The molecular weight excluding hydrogens is 340 g/mol. The van der Waals surface area contributed by atoms with E-state index in [2.05, 4.69) is 5.32 Å². The molecule has 0 saturated carbocycles. The Labute approximate surface area is 161 Å². The Balaban J connectivity index is 1.92. The fourth-order valence-corrected chi connectivity index (χ4v) is 2.76. The summed E-state index contributed by atoms with van der Waals surface area (Å²) in [5, 5.41) is 2.62. The highest BCUT2D eigenvalue weighted by atomic mass is 16.5. The number of hydrogen-bond acceptors (Lipinski definition) is 3. The zero-order valence-corrected chi connectivity index (χ0v) is 16.3. The van der Waals surface area contributed by atoms with Crippen LogP contribution in [0, 0.1) is 6.92 Å². The minimum atomic E-state index is -0.527. The summed E-state index contributed by atoms with van der Waals surface area (Å²) < 4.78 is 5.69. The first-order valence-electron chi connectivity index (χ1n) is 9.25. The Morgan fingerprint density at radius 1 is 1.07 bits per heavy atom. The van der Waals surface area contributed by atoms with Crippen molar-refractivity contribution >= 4 is 11.8 Å². The van der Waals surface area contributed by atoms with Gasteiger partial charge in [-0.15, -0.1) is 0 Å². The van der Waals surface area contributed by atoms with Crippen LogP contribution in [0.3, 0.4) is 0 Å². The van der Waals surface area contributed by atoms with Gasteiger partial charge in [0.2, 0.25) is 11.8 Å². The lowest BCUT2D eigenvalue weighted by molar-refractivity contribution is -0.140. The number of ether oxygens (including phenoxy) is 1. The summed E-state index contributed by atoms with van der Waals surface area (Å²) in [5.74, 6) is 0.575. The number of hydrogen-bond donors (Lipinski definition) is 1. The first kappa shape index (κ1) is 20.5. The molecule has 5 nitrogen and oxygen atoms in total. The van der Waals surface area contributed by atoms with Crippen LogP contribution in [0.1, 0.15) is 30.9 Å². The topological polar surface area (TPSA) is 58.6 Å². The molecule has 2 rings (SSSR count). The van der Waals surface area contributed by atoms with E-state index in [-0.39, 0.29) is 11.8 Å². The number of benzene rings is 2. The Bertz CT molecular complexity index is 729. The molecule has 0 heterocycles. The molecule has 0 aliphatic heterocycles. The number of likely N-dealkylation sites (N-methyl/N-ethyl adjacent to an activating group) is 1. The van der Waals surface area contributed by atoms with E-state index < -0.39 is 6.04 Å². The third kappa shape index (κ3) is 6.44. The predicted octanol–water partition coefficient (Wildman–Crippen LogP) is 3.32. The second kappa shape index (κ2) is 10.4. The van der Waals surface area contributed by atoms with Crippen molar-refractivity contribution in [1.82, 2.24) is 10.2 Å². The van der Waals surface area contributed by atoms with Crippen LogP contribution in [-0.4, -0.2) is 36.4 Å². The smallest absolute Gasteiger partial charge is 0.242 e. The van der Waals surface area contributed by atoms with Crippen molar-refractivity contribution in [2.75, 3.05) is 13.7 Å². The molecule has 1 atom stereocenters. The van der Waals surface area contributed by atoms with Gasteiger partial charge in [0.25, 0.3) is 0 Å². The van der Waals surface area contributed by atoms with Crippen molar-refractivity contribution in [3.05, 3.63) is 65.7 Å². The van der Waals surface area contributed by atoms with Crippen LogP contribution in [0.25, 0.3) is 0 Å². The normalized spacial score (nSPS) is 11.5. The SMILES string of the molecule is CNC(=O)[C@H](C)N(Cc1ccccc1)C(=O)CCCOc1ccc(C)cc1. The van der Waals surface area contributed by atoms with E-state index in [1.54, 1.807) is 18.9 Å². The van der Waals surface area contributed by atoms with E-state index in [1.165, 1.54) is 5.56 Å². The summed E-state index contributed by atoms with van der Waals surface area (Å²) >= 11 is 0. The number of rotatable bonds is 9. The third-order valence-corrected chi connectivity index (χ3v) is 4.43. The van der Waals surface area contributed by atoms with Gasteiger partial charge in [-0.2, -0.15) is 0 Å². The molecule has 0 fully saturated rings. The van der Waals surface area contributed by atoms with Crippen molar-refractivity contribution < 1.29 is 14.3 Å². The largest absolute Gasteiger partial charge is 0.494 e. The molecule has 2 amide bonds. The fourth-order valence-electron chi connectivity index (χ4n) is 2.76. The Hall–Kier alpha value is -2.82. The minimum Gasteiger partial charge on any atom is -0.494 e. The van der Waals surface area contributed by atoms with Crippen molar-refractivity contribution in [1.29, 1.82) is 0 Å². The van der Waals surface area contributed by atoms with E-state index in [0.29, 0.717) is 26.0 Å². The summed E-state index contributed by atoms with van der Waals surface area (Å²) in [4.78, 5) is 26.4. The molecule has 1 N–H and O–H groups in total. The minimum absolute atomic E-state index is 0.0533. The van der Waals surface area contributed by atoms with Gasteiger partial charge in [-0.05, 0) is 38.0 Å². The standard InChI is InChI=1S/C22H28N2O3/c1-17-11-13-20(14-12-17)27-15-7-10-21(25)24(18(2)22(26)23-3)16-19-8-5-4-6-9-19/h4-6,8-9,11-14,18H,7,10,15-16H2,1-3H3,(H,23,26)/t18-/m0/s1. The number of carbonyl (C=O) groups excluding carboxylic acids is 2. The average molecular weight is 368 g/mol. The summed E-state index contributed by atoms with van der Waals surface area (Å²) in [7, 11) is 1.58. The lowest BCUT2D eigenvalue weighted by Crippen LogP contribution is -2.46. The van der Waals surface area contributed by atoms with Crippen LogP contribution in [0.5, 0.6) is 5.75 Å². The van der Waals surface area contributed by atoms with Crippen molar-refractivity contribution in [3.63, 3.8) is 0 Å². The lowest BCUT2D eigenvalue weighted by atomic mass is 10.1. The molecule has 0 aliphatic rings. The van der Waals surface area contributed by atoms with Crippen molar-refractivity contribution in [2.45, 2.75) is 39.3 Å². The highest BCUT2D eigenvalue weighted by Gasteiger charge is 2.24. The highest BCUT2D eigenvalue weighted by Crippen LogP contribution is 2.14. The quantitative estimate of drug-likeness (QED) is 0.691. The van der Waals surface area contributed by atoms with Gasteiger partial charge in [-0.3, -0.25) is 9.59 Å². The average Bonchev–Trinajstić information content (AvgIpc) is 2.70. The molecule has 0 spiro atoms. The van der Waals surface area contributed by atoms with Crippen LogP contribution in [0.4, 0.5) is 0 Å². The number of amides is 2. The first-order chi connectivity index (χ1) is 13.0. The predicted molar refractivity (Wildman–Crippen MR) is 106 cm³/mol. The number of carbonyl (C=O) groups is 2. The fraction of sp³-hybridized carbons (Fsp3) is 0.364. The second-order valence-corrected chi connectivity index (χ2v) is 6.56. The summed E-state index contributed by atoms with van der Waals surface area (Å²) in [6.45, 7) is 4.65. The molecule has 2 aromatic carbocycles. The first-order valence-corrected chi connectivity index (χ1v) is 9.25. The van der Waals surface area contributed by atoms with E-state index in [0.717, 1.165) is 11.3 Å². The van der Waals surface area contributed by atoms with Crippen molar-refractivity contribution in [3.8, 4) is 5.75 Å². The van der Waals surface area contributed by atoms with Gasteiger partial charge in [0, 0.05) is 20.0 Å². The molecule has 0 radical (unpaired) electrons. The second-order valence-electron chi connectivity index (χ2n) is 6.56. The van der Waals surface area contributed by atoms with Crippen LogP contribution in [0.15, 0.2) is 54.6 Å². The maximum Gasteiger partial charge on any atom is 0.242 e. The molecule has 0 unspecified atom stereocenters. The van der Waals surface area contributed by atoms with E-state index in [4.69, 9.17) is 4.74 Å². The Morgan fingerprint density at radius 3 is 2.37 bits per heavy atom. The van der Waals surface area contributed by atoms with Gasteiger partial charge in [0.05, 0.1) is 6.61 Å². The lowest BCUT2D eigenvalue weighted by Gasteiger charge is -2.28. The Kier molecular flexibility index (Phi) is 7.86. The van der Waals surface area contributed by atoms with Gasteiger partial charge in [-0.25, -0.2) is 0 Å². The van der Waals surface area contributed by atoms with Gasteiger partial charge in [0.1, 0.15) is 11.8 Å². The third-order valence-electron chi connectivity index (χ3n) is 4.43. The van der Waals surface area contributed by atoms with E-state index in [9.17, 15) is 9.59 Å². The van der Waals surface area contributed by atoms with Crippen LogP contribution in [0.2, 0.25) is 0 Å². The highest BCUT2D eigenvalue weighted by molar-refractivity contribution is 5.87. The van der Waals surface area contributed by atoms with Crippen LogP contribution in [-0.2, 0) is 16.1 Å². The molecular formula is C22H28N2O3. The number of aryl methyl sites for hydroxylation is 1. The molecule has 0 saturated heterocycles. The molecule has 2 aromatic rings. The molecule has 27 heavy (non-hydrogen) atoms.